The Bertz CT molecular complexity index is 996. The summed E-state index contributed by atoms with van der Waals surface area (Å²) in [6.07, 6.45) is 3.18. The molecule has 0 spiro atoms. The molecule has 0 saturated carbocycles. The Morgan fingerprint density at radius 1 is 0.852 bits per heavy atom. The number of unbranched alkanes of at least 4 members (excludes halogenated alkanes) is 1. The highest BCUT2D eigenvalue weighted by atomic mass is 15.5. The van der Waals surface area contributed by atoms with Gasteiger partial charge in [-0.3, -0.25) is 0 Å². The summed E-state index contributed by atoms with van der Waals surface area (Å²) in [5.41, 5.74) is 5.76. The van der Waals surface area contributed by atoms with E-state index in [9.17, 15) is 0 Å². The zero-order chi connectivity index (χ0) is 18.5. The standard InChI is InChI=1S/C22H22N5/c1-2-3-14-20-15-19(17-10-6-4-7-11-17)16-21(18-12-8-5-9-13-18)27(20)22-23-25-26-24-22/h4-13,15-16H,2-3,14H2,1H3,(H,23,24,25,26)/q+1. The lowest BCUT2D eigenvalue weighted by atomic mass is 10.00. The Labute approximate surface area is 158 Å². The maximum atomic E-state index is 4.26. The summed E-state index contributed by atoms with van der Waals surface area (Å²) in [5.74, 6) is 0.569. The second-order valence-corrected chi connectivity index (χ2v) is 6.50. The van der Waals surface area contributed by atoms with E-state index in [-0.39, 0.29) is 0 Å². The van der Waals surface area contributed by atoms with E-state index in [2.05, 4.69) is 92.8 Å². The molecule has 27 heavy (non-hydrogen) atoms. The van der Waals surface area contributed by atoms with Gasteiger partial charge in [-0.05, 0) is 29.7 Å². The van der Waals surface area contributed by atoms with Crippen LogP contribution in [0.15, 0.2) is 72.8 Å². The number of H-pyrrole nitrogens is 1. The van der Waals surface area contributed by atoms with Crippen LogP contribution >= 0.6 is 0 Å². The second-order valence-electron chi connectivity index (χ2n) is 6.50. The molecule has 5 nitrogen and oxygen atoms in total. The molecule has 2 heterocycles. The first-order valence-electron chi connectivity index (χ1n) is 9.30. The second kappa shape index (κ2) is 7.91. The van der Waals surface area contributed by atoms with E-state index in [1.807, 2.05) is 12.1 Å². The van der Waals surface area contributed by atoms with Crippen molar-refractivity contribution in [3.63, 3.8) is 0 Å². The van der Waals surface area contributed by atoms with Crippen molar-refractivity contribution in [2.45, 2.75) is 26.2 Å². The van der Waals surface area contributed by atoms with Gasteiger partial charge in [0.15, 0.2) is 0 Å². The van der Waals surface area contributed by atoms with Crippen molar-refractivity contribution in [3.8, 4) is 28.3 Å². The van der Waals surface area contributed by atoms with Gasteiger partial charge in [0.2, 0.25) is 0 Å². The van der Waals surface area contributed by atoms with Gasteiger partial charge in [-0.2, -0.15) is 4.57 Å². The van der Waals surface area contributed by atoms with Crippen molar-refractivity contribution in [2.75, 3.05) is 0 Å². The molecular formula is C22H22N5+. The molecule has 0 unspecified atom stereocenters. The van der Waals surface area contributed by atoms with Gasteiger partial charge in [-0.25, -0.2) is 0 Å². The maximum Gasteiger partial charge on any atom is 0.483 e. The molecule has 0 amide bonds. The minimum Gasteiger partial charge on any atom is -0.192 e. The van der Waals surface area contributed by atoms with E-state index in [1.54, 1.807) is 0 Å². The molecule has 0 aliphatic carbocycles. The van der Waals surface area contributed by atoms with Crippen molar-refractivity contribution in [1.29, 1.82) is 0 Å². The summed E-state index contributed by atoms with van der Waals surface area (Å²) < 4.78 is 2.11. The van der Waals surface area contributed by atoms with E-state index in [0.717, 1.165) is 30.5 Å². The van der Waals surface area contributed by atoms with E-state index < -0.39 is 0 Å². The van der Waals surface area contributed by atoms with Crippen molar-refractivity contribution < 1.29 is 4.57 Å². The first-order valence-corrected chi connectivity index (χ1v) is 9.30. The topological polar surface area (TPSA) is 58.3 Å². The molecule has 5 heteroatoms. The van der Waals surface area contributed by atoms with Crippen LogP contribution in [0.2, 0.25) is 0 Å². The van der Waals surface area contributed by atoms with Gasteiger partial charge < -0.3 is 0 Å². The van der Waals surface area contributed by atoms with Crippen molar-refractivity contribution in [1.82, 2.24) is 20.6 Å². The fourth-order valence-corrected chi connectivity index (χ4v) is 3.30. The van der Waals surface area contributed by atoms with Crippen LogP contribution in [0.4, 0.5) is 0 Å². The Balaban J connectivity index is 1.98. The van der Waals surface area contributed by atoms with Gasteiger partial charge in [0, 0.05) is 22.3 Å². The molecule has 2 aromatic carbocycles. The van der Waals surface area contributed by atoms with Gasteiger partial charge in [0.1, 0.15) is 5.69 Å². The number of rotatable bonds is 6. The third-order valence-corrected chi connectivity index (χ3v) is 4.64. The summed E-state index contributed by atoms with van der Waals surface area (Å²) >= 11 is 0. The molecule has 4 rings (SSSR count). The molecule has 1 N–H and O–H groups in total. The molecule has 134 valence electrons. The highest BCUT2D eigenvalue weighted by Gasteiger charge is 2.23. The summed E-state index contributed by atoms with van der Waals surface area (Å²) in [4.78, 5) is 0. The average molecular weight is 356 g/mol. The third-order valence-electron chi connectivity index (χ3n) is 4.64. The SMILES string of the molecule is CCCCc1cc(-c2ccccc2)cc(-c2ccccc2)[n+]1-c1nn[nH]n1. The molecule has 0 bridgehead atoms. The van der Waals surface area contributed by atoms with Crippen LogP contribution in [0, 0.1) is 0 Å². The minimum atomic E-state index is 0.569. The van der Waals surface area contributed by atoms with Crippen LogP contribution in [-0.4, -0.2) is 20.6 Å². The number of aryl methyl sites for hydroxylation is 1. The number of aromatic amines is 1. The summed E-state index contributed by atoms with van der Waals surface area (Å²) in [6.45, 7) is 2.21. The van der Waals surface area contributed by atoms with Crippen LogP contribution < -0.4 is 4.57 Å². The zero-order valence-electron chi connectivity index (χ0n) is 15.3. The predicted molar refractivity (Wildman–Crippen MR) is 105 cm³/mol. The lowest BCUT2D eigenvalue weighted by Gasteiger charge is -2.14. The van der Waals surface area contributed by atoms with E-state index in [1.165, 1.54) is 16.8 Å². The summed E-state index contributed by atoms with van der Waals surface area (Å²) in [5, 5.41) is 14.9. The van der Waals surface area contributed by atoms with Gasteiger partial charge in [-0.15, -0.1) is 0 Å². The van der Waals surface area contributed by atoms with Gasteiger partial charge >= 0.3 is 5.95 Å². The van der Waals surface area contributed by atoms with Crippen LogP contribution in [0.3, 0.4) is 0 Å². The summed E-state index contributed by atoms with van der Waals surface area (Å²) in [7, 11) is 0. The number of benzene rings is 2. The first kappa shape index (κ1) is 17.1. The van der Waals surface area contributed by atoms with E-state index in [4.69, 9.17) is 0 Å². The monoisotopic (exact) mass is 356 g/mol. The van der Waals surface area contributed by atoms with E-state index in [0.29, 0.717) is 5.95 Å². The molecule has 4 aromatic rings. The average Bonchev–Trinajstić information content (AvgIpc) is 3.27. The maximum absolute atomic E-state index is 4.26. The highest BCUT2D eigenvalue weighted by Crippen LogP contribution is 2.26. The van der Waals surface area contributed by atoms with Crippen LogP contribution in [-0.2, 0) is 6.42 Å². The highest BCUT2D eigenvalue weighted by molar-refractivity contribution is 5.69. The van der Waals surface area contributed by atoms with Gasteiger partial charge in [0.25, 0.3) is 0 Å². The lowest BCUT2D eigenvalue weighted by Crippen LogP contribution is -2.40. The number of nitrogens with one attached hydrogen (secondary N) is 1. The Morgan fingerprint density at radius 2 is 1.56 bits per heavy atom. The fourth-order valence-electron chi connectivity index (χ4n) is 3.30. The lowest BCUT2D eigenvalue weighted by molar-refractivity contribution is -0.600. The van der Waals surface area contributed by atoms with Crippen LogP contribution in [0.5, 0.6) is 0 Å². The third kappa shape index (κ3) is 3.62. The predicted octanol–water partition coefficient (Wildman–Crippen LogP) is 4.15. The number of hydrogen-bond donors (Lipinski definition) is 1. The van der Waals surface area contributed by atoms with Crippen LogP contribution in [0.1, 0.15) is 25.5 Å². The normalized spacial score (nSPS) is 10.9. The summed E-state index contributed by atoms with van der Waals surface area (Å²) in [6, 6.07) is 25.3. The Morgan fingerprint density at radius 3 is 2.19 bits per heavy atom. The van der Waals surface area contributed by atoms with Gasteiger partial charge in [0.05, 0.1) is 10.8 Å². The Hall–Kier alpha value is -3.34. The minimum absolute atomic E-state index is 0.569. The van der Waals surface area contributed by atoms with Crippen molar-refractivity contribution in [2.24, 2.45) is 0 Å². The number of hydrogen-bond acceptors (Lipinski definition) is 3. The number of tetrazole rings is 1. The zero-order valence-corrected chi connectivity index (χ0v) is 15.3. The molecule has 0 aliphatic rings. The van der Waals surface area contributed by atoms with Gasteiger partial charge in [-0.1, -0.05) is 79.2 Å². The molecule has 0 radical (unpaired) electrons. The van der Waals surface area contributed by atoms with Crippen LogP contribution in [0.25, 0.3) is 28.3 Å². The number of pyridine rings is 1. The Kier molecular flexibility index (Phi) is 5.01. The fraction of sp³-hybridized carbons (Fsp3) is 0.182. The number of aromatic nitrogens is 5. The van der Waals surface area contributed by atoms with Crippen molar-refractivity contribution in [3.05, 3.63) is 78.5 Å². The molecule has 0 fully saturated rings. The quantitative estimate of drug-likeness (QED) is 0.528. The molecule has 0 atom stereocenters. The molecular weight excluding hydrogens is 334 g/mol. The smallest absolute Gasteiger partial charge is 0.192 e. The number of nitrogens with zero attached hydrogens (tertiary/aromatic N) is 4. The molecule has 0 aliphatic heterocycles. The molecule has 2 aromatic heterocycles. The molecule has 0 saturated heterocycles. The largest absolute Gasteiger partial charge is 0.483 e. The first-order chi connectivity index (χ1) is 13.4. The van der Waals surface area contributed by atoms with Crippen molar-refractivity contribution >= 4 is 0 Å². The van der Waals surface area contributed by atoms with E-state index >= 15 is 0 Å².